The lowest BCUT2D eigenvalue weighted by Gasteiger charge is -2.31. The van der Waals surface area contributed by atoms with Gasteiger partial charge in [0.05, 0.1) is 16.3 Å². The third kappa shape index (κ3) is 4.79. The third-order valence-corrected chi connectivity index (χ3v) is 7.32. The van der Waals surface area contributed by atoms with Gasteiger partial charge in [-0.05, 0) is 61.4 Å². The fraction of sp³-hybridized carbons (Fsp3) is 0.261. The van der Waals surface area contributed by atoms with Crippen LogP contribution in [0, 0.1) is 5.92 Å². The van der Waals surface area contributed by atoms with Crippen molar-refractivity contribution in [3.05, 3.63) is 60.8 Å². The lowest BCUT2D eigenvalue weighted by molar-refractivity contribution is -0.121. The van der Waals surface area contributed by atoms with E-state index in [9.17, 15) is 18.0 Å². The quantitative estimate of drug-likeness (QED) is 0.618. The minimum atomic E-state index is -3.74. The van der Waals surface area contributed by atoms with E-state index in [1.165, 1.54) is 23.4 Å². The number of piperidine rings is 1. The van der Waals surface area contributed by atoms with Crippen molar-refractivity contribution >= 4 is 44.1 Å². The summed E-state index contributed by atoms with van der Waals surface area (Å²) in [5.41, 5.74) is 2.02. The molecule has 0 spiro atoms. The van der Waals surface area contributed by atoms with E-state index in [2.05, 4.69) is 15.6 Å². The van der Waals surface area contributed by atoms with Crippen molar-refractivity contribution in [2.75, 3.05) is 23.7 Å². The maximum atomic E-state index is 13.1. The summed E-state index contributed by atoms with van der Waals surface area (Å²) in [5, 5.41) is 6.45. The predicted molar refractivity (Wildman–Crippen MR) is 123 cm³/mol. The SMILES string of the molecule is CC(=O)Nc1ccc(S(=O)(=O)N2CCC[C@@H](C(=O)Nc3ccc4ncccc4c3)C2)cc1. The van der Waals surface area contributed by atoms with Crippen LogP contribution < -0.4 is 10.6 Å². The van der Waals surface area contributed by atoms with Gasteiger partial charge in [-0.2, -0.15) is 4.31 Å². The summed E-state index contributed by atoms with van der Waals surface area (Å²) in [4.78, 5) is 28.4. The molecule has 2 amide bonds. The Morgan fingerprint density at radius 2 is 1.78 bits per heavy atom. The Bertz CT molecular complexity index is 1260. The number of nitrogens with zero attached hydrogens (tertiary/aromatic N) is 2. The maximum absolute atomic E-state index is 13.1. The van der Waals surface area contributed by atoms with Crippen LogP contribution in [-0.2, 0) is 19.6 Å². The van der Waals surface area contributed by atoms with Gasteiger partial charge in [0.1, 0.15) is 0 Å². The fourth-order valence-corrected chi connectivity index (χ4v) is 5.36. The normalized spacial score (nSPS) is 17.1. The molecule has 1 atom stereocenters. The summed E-state index contributed by atoms with van der Waals surface area (Å²) in [5.74, 6) is -0.871. The minimum absolute atomic E-state index is 0.122. The van der Waals surface area contributed by atoms with Gasteiger partial charge in [-0.15, -0.1) is 0 Å². The predicted octanol–water partition coefficient (Wildman–Crippen LogP) is 3.23. The number of amides is 2. The number of hydrogen-bond donors (Lipinski definition) is 2. The van der Waals surface area contributed by atoms with Gasteiger partial charge in [-0.3, -0.25) is 14.6 Å². The van der Waals surface area contributed by atoms with Crippen LogP contribution in [-0.4, -0.2) is 42.6 Å². The minimum Gasteiger partial charge on any atom is -0.326 e. The second-order valence-corrected chi connectivity index (χ2v) is 9.75. The Labute approximate surface area is 186 Å². The van der Waals surface area contributed by atoms with Crippen molar-refractivity contribution in [2.24, 2.45) is 5.92 Å². The first-order chi connectivity index (χ1) is 15.3. The van der Waals surface area contributed by atoms with E-state index >= 15 is 0 Å². The number of hydrogen-bond acceptors (Lipinski definition) is 5. The zero-order valence-corrected chi connectivity index (χ0v) is 18.4. The van der Waals surface area contributed by atoms with E-state index in [0.29, 0.717) is 30.8 Å². The standard InChI is InChI=1S/C23H24N4O4S/c1-16(28)25-19-6-9-21(10-7-19)32(30,31)27-13-3-5-18(15-27)23(29)26-20-8-11-22-17(14-20)4-2-12-24-22/h2,4,6-12,14,18H,3,5,13,15H2,1H3,(H,25,28)(H,26,29)/t18-/m1/s1. The van der Waals surface area contributed by atoms with Crippen LogP contribution in [0.2, 0.25) is 0 Å². The number of carbonyl (C=O) groups excluding carboxylic acids is 2. The Morgan fingerprint density at radius 1 is 1.03 bits per heavy atom. The molecule has 2 heterocycles. The highest BCUT2D eigenvalue weighted by molar-refractivity contribution is 7.89. The summed E-state index contributed by atoms with van der Waals surface area (Å²) in [7, 11) is -3.74. The second-order valence-electron chi connectivity index (χ2n) is 7.81. The van der Waals surface area contributed by atoms with Gasteiger partial charge >= 0.3 is 0 Å². The molecular formula is C23H24N4O4S. The van der Waals surface area contributed by atoms with E-state index in [0.717, 1.165) is 10.9 Å². The van der Waals surface area contributed by atoms with Crippen molar-refractivity contribution in [1.29, 1.82) is 0 Å². The van der Waals surface area contributed by atoms with Gasteiger partial charge in [0.25, 0.3) is 0 Å². The number of nitrogens with one attached hydrogen (secondary N) is 2. The highest BCUT2D eigenvalue weighted by atomic mass is 32.2. The molecule has 1 aromatic heterocycles. The molecule has 0 bridgehead atoms. The molecule has 166 valence electrons. The van der Waals surface area contributed by atoms with Crippen molar-refractivity contribution in [3.8, 4) is 0 Å². The van der Waals surface area contributed by atoms with Crippen molar-refractivity contribution in [3.63, 3.8) is 0 Å². The number of aromatic nitrogens is 1. The Kier molecular flexibility index (Phi) is 6.20. The average Bonchev–Trinajstić information content (AvgIpc) is 2.79. The van der Waals surface area contributed by atoms with Crippen LogP contribution in [0.5, 0.6) is 0 Å². The number of anilines is 2. The summed E-state index contributed by atoms with van der Waals surface area (Å²) in [6.07, 6.45) is 2.93. The first-order valence-corrected chi connectivity index (χ1v) is 11.8. The molecule has 0 unspecified atom stereocenters. The van der Waals surface area contributed by atoms with Gasteiger partial charge in [0.15, 0.2) is 0 Å². The van der Waals surface area contributed by atoms with Crippen LogP contribution >= 0.6 is 0 Å². The van der Waals surface area contributed by atoms with E-state index < -0.39 is 15.9 Å². The summed E-state index contributed by atoms with van der Waals surface area (Å²) >= 11 is 0. The molecule has 9 heteroatoms. The first-order valence-electron chi connectivity index (χ1n) is 10.4. The Hall–Kier alpha value is -3.30. The second kappa shape index (κ2) is 9.05. The molecule has 2 aromatic carbocycles. The smallest absolute Gasteiger partial charge is 0.243 e. The molecule has 3 aromatic rings. The van der Waals surface area contributed by atoms with Crippen LogP contribution in [0.3, 0.4) is 0 Å². The molecule has 1 fully saturated rings. The van der Waals surface area contributed by atoms with Crippen molar-refractivity contribution in [2.45, 2.75) is 24.7 Å². The lowest BCUT2D eigenvalue weighted by Crippen LogP contribution is -2.43. The van der Waals surface area contributed by atoms with Crippen molar-refractivity contribution in [1.82, 2.24) is 9.29 Å². The number of pyridine rings is 1. The molecule has 0 saturated carbocycles. The van der Waals surface area contributed by atoms with Gasteiger partial charge in [-0.25, -0.2) is 8.42 Å². The largest absolute Gasteiger partial charge is 0.326 e. The number of benzene rings is 2. The molecule has 8 nitrogen and oxygen atoms in total. The molecule has 2 N–H and O–H groups in total. The molecule has 0 radical (unpaired) electrons. The van der Waals surface area contributed by atoms with Gasteiger partial charge in [0, 0.05) is 43.0 Å². The number of rotatable bonds is 5. The zero-order chi connectivity index (χ0) is 22.7. The third-order valence-electron chi connectivity index (χ3n) is 5.44. The number of fused-ring (bicyclic) bond motifs is 1. The lowest BCUT2D eigenvalue weighted by atomic mass is 9.98. The molecule has 32 heavy (non-hydrogen) atoms. The number of sulfonamides is 1. The zero-order valence-electron chi connectivity index (χ0n) is 17.6. The summed E-state index contributed by atoms with van der Waals surface area (Å²) in [6.45, 7) is 1.87. The number of carbonyl (C=O) groups is 2. The van der Waals surface area contributed by atoms with Gasteiger partial charge < -0.3 is 10.6 Å². The van der Waals surface area contributed by atoms with Crippen LogP contribution in [0.1, 0.15) is 19.8 Å². The monoisotopic (exact) mass is 452 g/mol. The molecule has 4 rings (SSSR count). The van der Waals surface area contributed by atoms with Crippen LogP contribution in [0.15, 0.2) is 65.7 Å². The van der Waals surface area contributed by atoms with E-state index in [1.807, 2.05) is 24.3 Å². The van der Waals surface area contributed by atoms with Crippen molar-refractivity contribution < 1.29 is 18.0 Å². The first kappa shape index (κ1) is 21.9. The van der Waals surface area contributed by atoms with Gasteiger partial charge in [0.2, 0.25) is 21.8 Å². The molecule has 1 saturated heterocycles. The Balaban J connectivity index is 1.45. The van der Waals surface area contributed by atoms with E-state index in [-0.39, 0.29) is 23.3 Å². The Morgan fingerprint density at radius 3 is 2.53 bits per heavy atom. The van der Waals surface area contributed by atoms with Crippen LogP contribution in [0.25, 0.3) is 10.9 Å². The average molecular weight is 453 g/mol. The fourth-order valence-electron chi connectivity index (χ4n) is 3.83. The molecule has 1 aliphatic rings. The summed E-state index contributed by atoms with van der Waals surface area (Å²) < 4.78 is 27.5. The molecular weight excluding hydrogens is 428 g/mol. The highest BCUT2D eigenvalue weighted by Crippen LogP contribution is 2.26. The molecule has 1 aliphatic heterocycles. The van der Waals surface area contributed by atoms with E-state index in [1.54, 1.807) is 24.4 Å². The maximum Gasteiger partial charge on any atom is 0.243 e. The van der Waals surface area contributed by atoms with Crippen LogP contribution in [0.4, 0.5) is 11.4 Å². The van der Waals surface area contributed by atoms with E-state index in [4.69, 9.17) is 0 Å². The highest BCUT2D eigenvalue weighted by Gasteiger charge is 2.33. The topological polar surface area (TPSA) is 108 Å². The summed E-state index contributed by atoms with van der Waals surface area (Å²) in [6, 6.07) is 15.3. The van der Waals surface area contributed by atoms with Gasteiger partial charge in [-0.1, -0.05) is 6.07 Å². The molecule has 0 aliphatic carbocycles.